The number of nitriles is 1. The van der Waals surface area contributed by atoms with Crippen LogP contribution in [0.2, 0.25) is 0 Å². The van der Waals surface area contributed by atoms with Gasteiger partial charge in [-0.15, -0.1) is 0 Å². The van der Waals surface area contributed by atoms with E-state index in [-0.39, 0.29) is 23.0 Å². The number of ketones is 1. The van der Waals surface area contributed by atoms with Gasteiger partial charge in [-0.2, -0.15) is 5.26 Å². The molecule has 1 heterocycles. The van der Waals surface area contributed by atoms with Crippen LogP contribution in [-0.2, 0) is 9.53 Å². The van der Waals surface area contributed by atoms with E-state index in [9.17, 15) is 24.5 Å². The van der Waals surface area contributed by atoms with Gasteiger partial charge in [-0.25, -0.2) is 4.79 Å². The van der Waals surface area contributed by atoms with Gasteiger partial charge in [0.1, 0.15) is 11.3 Å². The second-order valence-electron chi connectivity index (χ2n) is 9.36. The summed E-state index contributed by atoms with van der Waals surface area (Å²) in [4.78, 5) is 50.0. The lowest BCUT2D eigenvalue weighted by atomic mass is 10.0. The van der Waals surface area contributed by atoms with Crippen molar-refractivity contribution >= 4 is 34.8 Å². The van der Waals surface area contributed by atoms with Crippen molar-refractivity contribution in [3.8, 4) is 6.07 Å². The molecule has 0 saturated carbocycles. The molecule has 1 saturated heterocycles. The minimum atomic E-state index is -1.03. The Morgan fingerprint density at radius 1 is 1.17 bits per heavy atom. The highest BCUT2D eigenvalue weighted by Gasteiger charge is 2.27. The van der Waals surface area contributed by atoms with E-state index in [1.54, 1.807) is 26.8 Å². The summed E-state index contributed by atoms with van der Waals surface area (Å²) in [6.07, 6.45) is 0.972. The smallest absolute Gasteiger partial charge is 0.407 e. The topological polar surface area (TPSA) is 155 Å². The monoisotopic (exact) mass is 493 g/mol. The van der Waals surface area contributed by atoms with Crippen molar-refractivity contribution in [3.05, 3.63) is 63.7 Å². The van der Waals surface area contributed by atoms with Crippen LogP contribution in [0.5, 0.6) is 0 Å². The van der Waals surface area contributed by atoms with Crippen LogP contribution in [0.4, 0.5) is 21.9 Å². The molecule has 2 amide bonds. The molecule has 1 atom stereocenters. The summed E-state index contributed by atoms with van der Waals surface area (Å²) in [7, 11) is 0. The second kappa shape index (κ2) is 10.9. The first-order chi connectivity index (χ1) is 17.0. The highest BCUT2D eigenvalue weighted by molar-refractivity contribution is 6.46. The van der Waals surface area contributed by atoms with Crippen molar-refractivity contribution in [1.82, 2.24) is 5.32 Å². The average Bonchev–Trinajstić information content (AvgIpc) is 2.82. The van der Waals surface area contributed by atoms with Crippen LogP contribution >= 0.6 is 0 Å². The Bertz CT molecular complexity index is 1210. The van der Waals surface area contributed by atoms with Crippen LogP contribution in [0.1, 0.15) is 49.5 Å². The number of carbonyl (C=O) groups is 3. The van der Waals surface area contributed by atoms with E-state index >= 15 is 0 Å². The fraction of sp³-hybridized carbons (Fsp3) is 0.360. The maximum absolute atomic E-state index is 12.5. The number of nitro groups is 1. The first-order valence-corrected chi connectivity index (χ1v) is 11.4. The number of hydrogen-bond acceptors (Lipinski definition) is 8. The highest BCUT2D eigenvalue weighted by Crippen LogP contribution is 2.31. The minimum absolute atomic E-state index is 0.0580. The standard InChI is InChI=1S/C25H27N5O6/c1-25(2,3)36-24(33)27-18-5-4-12-29(15-18)19-10-11-20(21(13-19)30(34)35)28-23(32)22(31)17-8-6-16(14-26)7-9-17/h6-11,13,18H,4-5,12,15H2,1-3H3,(H,27,33)(H,28,32)/t18-/m0/s1. The molecule has 188 valence electrons. The SMILES string of the molecule is CC(C)(C)OC(=O)N[C@H]1CCCN(c2ccc(NC(=O)C(=O)c3ccc(C#N)cc3)c([N+](=O)[O-])c2)C1. The van der Waals surface area contributed by atoms with Gasteiger partial charge in [0.05, 0.1) is 16.6 Å². The van der Waals surface area contributed by atoms with Crippen molar-refractivity contribution in [2.75, 3.05) is 23.3 Å². The Morgan fingerprint density at radius 2 is 1.86 bits per heavy atom. The number of alkyl carbamates (subject to hydrolysis) is 1. The van der Waals surface area contributed by atoms with Crippen LogP contribution < -0.4 is 15.5 Å². The van der Waals surface area contributed by atoms with E-state index in [1.807, 2.05) is 11.0 Å². The van der Waals surface area contributed by atoms with Gasteiger partial charge in [-0.05, 0) is 70.0 Å². The normalized spacial score (nSPS) is 15.4. The van der Waals surface area contributed by atoms with Gasteiger partial charge in [-0.3, -0.25) is 19.7 Å². The number of hydrogen-bond donors (Lipinski definition) is 2. The predicted octanol–water partition coefficient (Wildman–Crippen LogP) is 3.78. The van der Waals surface area contributed by atoms with Gasteiger partial charge in [-0.1, -0.05) is 0 Å². The van der Waals surface area contributed by atoms with Crippen molar-refractivity contribution in [3.63, 3.8) is 0 Å². The van der Waals surface area contributed by atoms with Gasteiger partial charge in [0.15, 0.2) is 0 Å². The molecule has 11 heteroatoms. The van der Waals surface area contributed by atoms with E-state index in [2.05, 4.69) is 10.6 Å². The molecule has 36 heavy (non-hydrogen) atoms. The molecule has 1 aliphatic rings. The summed E-state index contributed by atoms with van der Waals surface area (Å²) < 4.78 is 5.31. The molecule has 0 radical (unpaired) electrons. The molecule has 0 aliphatic carbocycles. The summed E-state index contributed by atoms with van der Waals surface area (Å²) in [6, 6.07) is 11.5. The predicted molar refractivity (Wildman–Crippen MR) is 132 cm³/mol. The molecule has 1 fully saturated rings. The number of Topliss-reactive ketones (excluding diaryl/α,β-unsaturated/α-hetero) is 1. The van der Waals surface area contributed by atoms with Crippen molar-refractivity contribution in [2.45, 2.75) is 45.3 Å². The van der Waals surface area contributed by atoms with Gasteiger partial charge in [0.2, 0.25) is 0 Å². The summed E-state index contributed by atoms with van der Waals surface area (Å²) in [5, 5.41) is 25.8. The lowest BCUT2D eigenvalue weighted by Crippen LogP contribution is -2.49. The number of rotatable bonds is 6. The Hall–Kier alpha value is -4.46. The van der Waals surface area contributed by atoms with Crippen LogP contribution in [0, 0.1) is 21.4 Å². The molecule has 2 N–H and O–H groups in total. The Kier molecular flexibility index (Phi) is 7.89. The van der Waals surface area contributed by atoms with E-state index in [1.165, 1.54) is 36.4 Å². The number of anilines is 2. The van der Waals surface area contributed by atoms with E-state index < -0.39 is 28.3 Å². The Balaban J connectivity index is 1.72. The van der Waals surface area contributed by atoms with Crippen molar-refractivity contribution in [2.24, 2.45) is 0 Å². The number of nitrogens with zero attached hydrogens (tertiary/aromatic N) is 3. The molecule has 0 aromatic heterocycles. The number of piperidine rings is 1. The Morgan fingerprint density at radius 3 is 2.47 bits per heavy atom. The van der Waals surface area contributed by atoms with Gasteiger partial charge < -0.3 is 20.3 Å². The first-order valence-electron chi connectivity index (χ1n) is 11.4. The Labute approximate surface area is 208 Å². The summed E-state index contributed by atoms with van der Waals surface area (Å²) in [5.41, 5.74) is -0.163. The fourth-order valence-electron chi connectivity index (χ4n) is 3.78. The number of benzene rings is 2. The molecular weight excluding hydrogens is 466 g/mol. The molecule has 2 aromatic carbocycles. The maximum Gasteiger partial charge on any atom is 0.407 e. The molecular formula is C25H27N5O6. The molecule has 3 rings (SSSR count). The summed E-state index contributed by atoms with van der Waals surface area (Å²) >= 11 is 0. The number of nitro benzene ring substituents is 1. The molecule has 11 nitrogen and oxygen atoms in total. The molecule has 0 bridgehead atoms. The van der Waals surface area contributed by atoms with Crippen LogP contribution in [0.3, 0.4) is 0 Å². The third-order valence-electron chi connectivity index (χ3n) is 5.42. The van der Waals surface area contributed by atoms with Crippen molar-refractivity contribution < 1.29 is 24.0 Å². The van der Waals surface area contributed by atoms with Crippen molar-refractivity contribution in [1.29, 1.82) is 5.26 Å². The number of ether oxygens (including phenoxy) is 1. The van der Waals surface area contributed by atoms with Gasteiger partial charge in [0.25, 0.3) is 17.4 Å². The van der Waals surface area contributed by atoms with E-state index in [0.29, 0.717) is 24.3 Å². The average molecular weight is 494 g/mol. The van der Waals surface area contributed by atoms with Crippen LogP contribution in [0.15, 0.2) is 42.5 Å². The number of amides is 2. The lowest BCUT2D eigenvalue weighted by Gasteiger charge is -2.35. The zero-order valence-electron chi connectivity index (χ0n) is 20.2. The molecule has 1 aliphatic heterocycles. The molecule has 0 unspecified atom stereocenters. The third-order valence-corrected chi connectivity index (χ3v) is 5.42. The zero-order valence-corrected chi connectivity index (χ0v) is 20.2. The highest BCUT2D eigenvalue weighted by atomic mass is 16.6. The van der Waals surface area contributed by atoms with Crippen LogP contribution in [0.25, 0.3) is 0 Å². The largest absolute Gasteiger partial charge is 0.444 e. The molecule has 0 spiro atoms. The van der Waals surface area contributed by atoms with Gasteiger partial charge >= 0.3 is 6.09 Å². The number of nitrogens with one attached hydrogen (secondary N) is 2. The van der Waals surface area contributed by atoms with Crippen LogP contribution in [-0.4, -0.2) is 47.4 Å². The summed E-state index contributed by atoms with van der Waals surface area (Å²) in [5.74, 6) is -1.92. The zero-order chi connectivity index (χ0) is 26.5. The summed E-state index contributed by atoms with van der Waals surface area (Å²) in [6.45, 7) is 6.39. The van der Waals surface area contributed by atoms with Gasteiger partial charge in [0, 0.05) is 36.4 Å². The minimum Gasteiger partial charge on any atom is -0.444 e. The van der Waals surface area contributed by atoms with E-state index in [4.69, 9.17) is 10.00 Å². The quantitative estimate of drug-likeness (QED) is 0.267. The fourth-order valence-corrected chi connectivity index (χ4v) is 3.78. The number of carbonyl (C=O) groups excluding carboxylic acids is 3. The maximum atomic E-state index is 12.5. The third kappa shape index (κ3) is 6.79. The lowest BCUT2D eigenvalue weighted by molar-refractivity contribution is -0.383. The van der Waals surface area contributed by atoms with E-state index in [0.717, 1.165) is 12.8 Å². The molecule has 2 aromatic rings. The second-order valence-corrected chi connectivity index (χ2v) is 9.36. The first kappa shape index (κ1) is 26.2.